The molecule has 0 aromatic heterocycles. The van der Waals surface area contributed by atoms with Crippen LogP contribution in [0.4, 0.5) is 17.1 Å². The Morgan fingerprint density at radius 2 is 1.68 bits per heavy atom. The summed E-state index contributed by atoms with van der Waals surface area (Å²) in [6.07, 6.45) is 5.75. The zero-order chi connectivity index (χ0) is 27.2. The topological polar surface area (TPSA) is 75.3 Å². The van der Waals surface area contributed by atoms with Crippen LogP contribution in [-0.2, 0) is 0 Å². The molecule has 3 atom stereocenters. The predicted octanol–water partition coefficient (Wildman–Crippen LogP) is 8.72. The number of alkyl halides is 2. The van der Waals surface area contributed by atoms with Crippen LogP contribution in [0.25, 0.3) is 0 Å². The average Bonchev–Trinajstić information content (AvgIpc) is 3.81. The fourth-order valence-electron chi connectivity index (χ4n) is 5.44. The molecule has 0 spiro atoms. The van der Waals surface area contributed by atoms with E-state index in [-0.39, 0.29) is 11.2 Å². The van der Waals surface area contributed by atoms with Gasteiger partial charge in [-0.15, -0.1) is 0 Å². The summed E-state index contributed by atoms with van der Waals surface area (Å²) in [6, 6.07) is 9.71. The first-order valence-corrected chi connectivity index (χ1v) is 26.3. The van der Waals surface area contributed by atoms with Crippen molar-refractivity contribution in [3.8, 4) is 0 Å². The van der Waals surface area contributed by atoms with Crippen LogP contribution < -0.4 is 19.9 Å². The summed E-state index contributed by atoms with van der Waals surface area (Å²) in [5, 5.41) is 8.02. The molecule has 0 radical (unpaired) electrons. The monoisotopic (exact) mass is 987 g/mol. The summed E-state index contributed by atoms with van der Waals surface area (Å²) in [5.41, 5.74) is 12.0. The molecule has 5 rings (SSSR count). The third-order valence-corrected chi connectivity index (χ3v) is 23.4. The first kappa shape index (κ1) is 30.7. The van der Waals surface area contributed by atoms with Gasteiger partial charge in [-0.25, -0.2) is 0 Å². The molecule has 10 heteroatoms. The normalized spacial score (nSPS) is 23.7. The Morgan fingerprint density at radius 3 is 2.26 bits per heavy atom. The summed E-state index contributed by atoms with van der Waals surface area (Å²) < 4.78 is 12.4. The van der Waals surface area contributed by atoms with E-state index in [1.54, 1.807) is 7.14 Å². The Balaban J connectivity index is 1.36. The molecular weight excluding hydrogens is 945 g/mol. The molecule has 0 amide bonds. The van der Waals surface area contributed by atoms with Gasteiger partial charge < -0.3 is 0 Å². The van der Waals surface area contributed by atoms with Crippen LogP contribution in [0.15, 0.2) is 24.3 Å². The molecule has 0 saturated carbocycles. The number of piperidine rings is 1. The van der Waals surface area contributed by atoms with E-state index < -0.39 is 39.4 Å². The molecule has 2 aromatic rings. The van der Waals surface area contributed by atoms with Crippen molar-refractivity contribution in [2.75, 3.05) is 32.4 Å². The van der Waals surface area contributed by atoms with Crippen molar-refractivity contribution in [1.82, 2.24) is 8.43 Å². The summed E-state index contributed by atoms with van der Waals surface area (Å²) >= 11 is 3.04. The summed E-state index contributed by atoms with van der Waals surface area (Å²) in [6.45, 7) is 13.7. The van der Waals surface area contributed by atoms with Gasteiger partial charge in [-0.05, 0) is 0 Å². The molecule has 3 aliphatic heterocycles. The van der Waals surface area contributed by atoms with Crippen LogP contribution in [0.1, 0.15) is 58.9 Å². The zero-order valence-electron chi connectivity index (χ0n) is 23.1. The van der Waals surface area contributed by atoms with Crippen molar-refractivity contribution in [3.05, 3.63) is 44.1 Å². The third kappa shape index (κ3) is 6.90. The Morgan fingerprint density at radius 1 is 1.05 bits per heavy atom. The fourth-order valence-corrected chi connectivity index (χ4v) is 20.7. The maximum absolute atomic E-state index is 6.59. The van der Waals surface area contributed by atoms with Crippen LogP contribution in [-0.4, -0.2) is 37.9 Å². The fraction of sp³-hybridized carbons (Fsp3) is 0.571. The Hall–Kier alpha value is 1.27. The van der Waals surface area contributed by atoms with Crippen molar-refractivity contribution in [2.45, 2.75) is 71.5 Å². The molecule has 5 nitrogen and oxygen atoms in total. The van der Waals surface area contributed by atoms with E-state index in [9.17, 15) is 0 Å². The number of hydrogen-bond acceptors (Lipinski definition) is 5. The quantitative estimate of drug-likeness (QED) is 0.0479. The molecule has 38 heavy (non-hydrogen) atoms. The number of hydrogen-bond donors (Lipinski definition) is 4. The number of likely N-dealkylation sites (tertiary alicyclic amines) is 1. The Labute approximate surface area is 272 Å². The van der Waals surface area contributed by atoms with Crippen LogP contribution >= 0.6 is 90.8 Å². The second kappa shape index (κ2) is 12.5. The van der Waals surface area contributed by atoms with E-state index in [4.69, 9.17) is 5.73 Å². The number of nitrogens with zero attached hydrogens (tertiary/aromatic N) is 1. The summed E-state index contributed by atoms with van der Waals surface area (Å²) in [4.78, 5) is 2.50. The molecule has 212 valence electrons. The van der Waals surface area contributed by atoms with Gasteiger partial charge in [0.2, 0.25) is 0 Å². The number of rotatable bonds is 10. The second-order valence-corrected chi connectivity index (χ2v) is 29.6. The molecule has 0 bridgehead atoms. The van der Waals surface area contributed by atoms with E-state index in [0.717, 1.165) is 25.9 Å². The van der Waals surface area contributed by atoms with E-state index >= 15 is 0 Å². The first-order chi connectivity index (χ1) is 18.0. The molecule has 3 heterocycles. The molecule has 3 saturated heterocycles. The van der Waals surface area contributed by atoms with E-state index in [2.05, 4.69) is 123 Å². The minimum atomic E-state index is -1.07. The van der Waals surface area contributed by atoms with Crippen LogP contribution in [0.3, 0.4) is 0 Å². The molecule has 3 aliphatic rings. The molecule has 5 N–H and O–H groups in total. The third-order valence-electron chi connectivity index (χ3n) is 8.62. The molecule has 3 unspecified atom stereocenters. The standard InChI is InChI=1S/C28H42I4N5P/c1-6-27(4,19-8-10-37(11-9-19)28(5,33)7-2)36-21-13-23(30)26(25(15-21)32-17-38-32)35-20-12-22(29)18(3)24(14-20)31-16-34-31/h12-15,19,34-36,38H,6-11,16-17,33H2,1-5H3. The van der Waals surface area contributed by atoms with Gasteiger partial charge in [-0.3, -0.25) is 0 Å². The van der Waals surface area contributed by atoms with Gasteiger partial charge in [0.15, 0.2) is 0 Å². The molecule has 0 aliphatic carbocycles. The van der Waals surface area contributed by atoms with Crippen molar-refractivity contribution in [2.24, 2.45) is 11.7 Å². The van der Waals surface area contributed by atoms with Crippen LogP contribution in [0.2, 0.25) is 0 Å². The molecule has 2 aromatic carbocycles. The average molecular weight is 987 g/mol. The van der Waals surface area contributed by atoms with Crippen molar-refractivity contribution in [3.63, 3.8) is 0 Å². The SMILES string of the molecule is CCC(C)(Nc1cc(I)c(Nc2cc(I)c(C)c(I3CN3)c2)c(I2CP2)c1)C1CCN(C(C)(N)CC)CC1. The van der Waals surface area contributed by atoms with Gasteiger partial charge >= 0.3 is 276 Å². The van der Waals surface area contributed by atoms with Gasteiger partial charge in [0.1, 0.15) is 0 Å². The second-order valence-electron chi connectivity index (χ2n) is 11.1. The van der Waals surface area contributed by atoms with Crippen molar-refractivity contribution in [1.29, 1.82) is 0 Å². The van der Waals surface area contributed by atoms with Gasteiger partial charge in [-0.1, -0.05) is 0 Å². The Bertz CT molecular complexity index is 1180. The summed E-state index contributed by atoms with van der Waals surface area (Å²) in [5.74, 6) is 0.658. The van der Waals surface area contributed by atoms with Crippen molar-refractivity contribution >= 4 is 108 Å². The number of nitrogens with two attached hydrogens (primary N) is 1. The Kier molecular flexibility index (Phi) is 10.1. The molecular formula is C28H42I4N5P. The predicted molar refractivity (Wildman–Crippen MR) is 202 cm³/mol. The van der Waals surface area contributed by atoms with Gasteiger partial charge in [0.25, 0.3) is 0 Å². The minimum absolute atomic E-state index is 0.0957. The zero-order valence-corrected chi connectivity index (χ0v) is 32.7. The first-order valence-electron chi connectivity index (χ1n) is 13.6. The van der Waals surface area contributed by atoms with Gasteiger partial charge in [0.05, 0.1) is 0 Å². The number of benzene rings is 2. The van der Waals surface area contributed by atoms with Crippen LogP contribution in [0, 0.1) is 27.1 Å². The number of nitrogens with one attached hydrogen (secondary N) is 3. The van der Waals surface area contributed by atoms with E-state index in [1.807, 2.05) is 0 Å². The van der Waals surface area contributed by atoms with Crippen molar-refractivity contribution < 1.29 is 0 Å². The number of halogens is 4. The number of anilines is 3. The maximum atomic E-state index is 6.59. The van der Waals surface area contributed by atoms with Gasteiger partial charge in [0, 0.05) is 0 Å². The molecule has 3 fully saturated rings. The van der Waals surface area contributed by atoms with Crippen LogP contribution in [0.5, 0.6) is 0 Å². The van der Waals surface area contributed by atoms with E-state index in [1.165, 1.54) is 57.6 Å². The van der Waals surface area contributed by atoms with E-state index in [0.29, 0.717) is 5.92 Å². The summed E-state index contributed by atoms with van der Waals surface area (Å²) in [7, 11) is 0. The van der Waals surface area contributed by atoms with Gasteiger partial charge in [-0.2, -0.15) is 0 Å².